The second kappa shape index (κ2) is 9.02. The lowest BCUT2D eigenvalue weighted by Crippen LogP contribution is -2.38. The Morgan fingerprint density at radius 3 is 2.50 bits per heavy atom. The Balaban J connectivity index is 1.60. The minimum Gasteiger partial charge on any atom is -0.382 e. The van der Waals surface area contributed by atoms with Gasteiger partial charge in [0.25, 0.3) is 5.91 Å². The van der Waals surface area contributed by atoms with Crippen LogP contribution in [0.4, 0.5) is 5.69 Å². The molecule has 160 valence electrons. The number of hydrogen-bond acceptors (Lipinski definition) is 6. The summed E-state index contributed by atoms with van der Waals surface area (Å²) in [5, 5.41) is 7.80. The van der Waals surface area contributed by atoms with Crippen molar-refractivity contribution in [1.82, 2.24) is 15.3 Å². The van der Waals surface area contributed by atoms with Crippen molar-refractivity contribution in [3.8, 4) is 9.75 Å². The van der Waals surface area contributed by atoms with Gasteiger partial charge in [0.05, 0.1) is 21.6 Å². The van der Waals surface area contributed by atoms with Gasteiger partial charge in [-0.3, -0.25) is 9.78 Å². The molecule has 3 aromatic rings. The minimum atomic E-state index is -0.0221. The summed E-state index contributed by atoms with van der Waals surface area (Å²) in [6.45, 7) is 8.79. The first-order chi connectivity index (χ1) is 14.4. The topological polar surface area (TPSA) is 66.9 Å². The monoisotopic (exact) mass is 442 g/mol. The van der Waals surface area contributed by atoms with Crippen LogP contribution in [-0.4, -0.2) is 28.0 Å². The van der Waals surface area contributed by atoms with E-state index in [1.54, 1.807) is 28.9 Å². The zero-order valence-electron chi connectivity index (χ0n) is 18.1. The fourth-order valence-electron chi connectivity index (χ4n) is 4.26. The number of carbonyl (C=O) groups excluding carboxylic acids is 1. The Kier molecular flexibility index (Phi) is 6.39. The first-order valence-electron chi connectivity index (χ1n) is 10.8. The maximum atomic E-state index is 13.2. The first kappa shape index (κ1) is 21.2. The Labute approximate surface area is 186 Å². The molecule has 1 aliphatic rings. The van der Waals surface area contributed by atoms with Gasteiger partial charge in [0.15, 0.2) is 0 Å². The molecular formula is C23H30N4OS2. The number of hydrogen-bond donors (Lipinski definition) is 2. The summed E-state index contributed by atoms with van der Waals surface area (Å²) in [5.74, 6) is 1.48. The number of carbonyl (C=O) groups is 1. The Hall–Kier alpha value is -1.99. The summed E-state index contributed by atoms with van der Waals surface area (Å²) in [4.78, 5) is 25.2. The third-order valence-electron chi connectivity index (χ3n) is 5.96. The van der Waals surface area contributed by atoms with Crippen LogP contribution in [0.5, 0.6) is 0 Å². The molecule has 3 aromatic heterocycles. The average Bonchev–Trinajstić information content (AvgIpc) is 3.38. The van der Waals surface area contributed by atoms with Crippen LogP contribution in [0, 0.1) is 11.8 Å². The molecule has 4 rings (SSSR count). The van der Waals surface area contributed by atoms with Crippen molar-refractivity contribution in [2.24, 2.45) is 11.8 Å². The van der Waals surface area contributed by atoms with Crippen molar-refractivity contribution in [2.45, 2.75) is 65.5 Å². The van der Waals surface area contributed by atoms with Gasteiger partial charge in [-0.25, -0.2) is 4.98 Å². The van der Waals surface area contributed by atoms with Crippen LogP contribution in [-0.2, 0) is 0 Å². The number of anilines is 1. The highest BCUT2D eigenvalue weighted by Crippen LogP contribution is 2.39. The molecule has 0 bridgehead atoms. The van der Waals surface area contributed by atoms with E-state index >= 15 is 0 Å². The maximum absolute atomic E-state index is 13.2. The second-order valence-corrected chi connectivity index (χ2v) is 10.8. The Morgan fingerprint density at radius 2 is 1.87 bits per heavy atom. The normalized spacial score (nSPS) is 19.5. The van der Waals surface area contributed by atoms with Gasteiger partial charge in [0, 0.05) is 34.7 Å². The van der Waals surface area contributed by atoms with Crippen molar-refractivity contribution >= 4 is 44.5 Å². The molecule has 2 N–H and O–H groups in total. The molecule has 0 unspecified atom stereocenters. The highest BCUT2D eigenvalue weighted by molar-refractivity contribution is 7.25. The quantitative estimate of drug-likeness (QED) is 0.478. The molecular weight excluding hydrogens is 412 g/mol. The number of thiazole rings is 1. The number of nitrogens with one attached hydrogen (secondary N) is 2. The zero-order chi connectivity index (χ0) is 21.3. The van der Waals surface area contributed by atoms with Crippen molar-refractivity contribution < 1.29 is 4.79 Å². The summed E-state index contributed by atoms with van der Waals surface area (Å²) in [7, 11) is 0. The van der Waals surface area contributed by atoms with Crippen LogP contribution in [0.15, 0.2) is 24.0 Å². The fraction of sp³-hybridized carbons (Fsp3) is 0.522. The van der Waals surface area contributed by atoms with Gasteiger partial charge in [0.2, 0.25) is 0 Å². The number of amides is 1. The van der Waals surface area contributed by atoms with E-state index in [1.165, 1.54) is 12.8 Å². The third-order valence-corrected chi connectivity index (χ3v) is 7.98. The van der Waals surface area contributed by atoms with Crippen LogP contribution in [0.1, 0.15) is 63.7 Å². The molecule has 0 saturated heterocycles. The molecule has 0 aromatic carbocycles. The molecule has 0 aliphatic heterocycles. The summed E-state index contributed by atoms with van der Waals surface area (Å²) in [6.07, 6.45) is 8.12. The molecule has 30 heavy (non-hydrogen) atoms. The highest BCUT2D eigenvalue weighted by atomic mass is 32.1. The van der Waals surface area contributed by atoms with Crippen LogP contribution in [0.3, 0.4) is 0 Å². The average molecular weight is 443 g/mol. The SMILES string of the molecule is CC(C)Nc1c(C(=O)N[C@H]2CC[C@H](C(C)C)CC2)cnc2sc(-c3cncs3)cc12. The van der Waals surface area contributed by atoms with E-state index in [0.717, 1.165) is 50.3 Å². The molecule has 1 amide bonds. The van der Waals surface area contributed by atoms with Crippen molar-refractivity contribution in [3.05, 3.63) is 29.5 Å². The van der Waals surface area contributed by atoms with E-state index in [1.807, 2.05) is 11.7 Å². The standard InChI is InChI=1S/C23H30N4OS2/c1-13(2)15-5-7-16(8-6-15)27-22(28)18-10-25-23-17(21(18)26-14(3)4)9-19(30-23)20-11-24-12-29-20/h9-16H,5-8H2,1-4H3,(H,25,26)(H,27,28)/t15-,16-. The van der Waals surface area contributed by atoms with E-state index < -0.39 is 0 Å². The van der Waals surface area contributed by atoms with Gasteiger partial charge < -0.3 is 10.6 Å². The van der Waals surface area contributed by atoms with E-state index in [4.69, 9.17) is 0 Å². The van der Waals surface area contributed by atoms with Gasteiger partial charge in [-0.05, 0) is 57.4 Å². The van der Waals surface area contributed by atoms with Crippen LogP contribution >= 0.6 is 22.7 Å². The number of fused-ring (bicyclic) bond motifs is 1. The lowest BCUT2D eigenvalue weighted by atomic mass is 9.79. The van der Waals surface area contributed by atoms with E-state index in [0.29, 0.717) is 5.56 Å². The molecule has 1 aliphatic carbocycles. The Bertz CT molecular complexity index is 1000. The summed E-state index contributed by atoms with van der Waals surface area (Å²) >= 11 is 3.26. The van der Waals surface area contributed by atoms with Crippen molar-refractivity contribution in [1.29, 1.82) is 0 Å². The van der Waals surface area contributed by atoms with Crippen molar-refractivity contribution in [2.75, 3.05) is 5.32 Å². The largest absolute Gasteiger partial charge is 0.382 e. The molecule has 0 radical (unpaired) electrons. The maximum Gasteiger partial charge on any atom is 0.255 e. The van der Waals surface area contributed by atoms with Crippen LogP contribution in [0.2, 0.25) is 0 Å². The number of rotatable bonds is 6. The van der Waals surface area contributed by atoms with E-state index in [9.17, 15) is 4.79 Å². The van der Waals surface area contributed by atoms with Crippen molar-refractivity contribution in [3.63, 3.8) is 0 Å². The van der Waals surface area contributed by atoms with Crippen LogP contribution in [0.25, 0.3) is 20.0 Å². The van der Waals surface area contributed by atoms with Crippen LogP contribution < -0.4 is 10.6 Å². The number of thiophene rings is 1. The summed E-state index contributed by atoms with van der Waals surface area (Å²) in [5.41, 5.74) is 3.36. The predicted molar refractivity (Wildman–Crippen MR) is 128 cm³/mol. The van der Waals surface area contributed by atoms with Gasteiger partial charge >= 0.3 is 0 Å². The summed E-state index contributed by atoms with van der Waals surface area (Å²) < 4.78 is 0. The van der Waals surface area contributed by atoms with E-state index in [2.05, 4.69) is 54.4 Å². The molecule has 0 spiro atoms. The number of nitrogens with zero attached hydrogens (tertiary/aromatic N) is 2. The molecule has 5 nitrogen and oxygen atoms in total. The Morgan fingerprint density at radius 1 is 1.10 bits per heavy atom. The lowest BCUT2D eigenvalue weighted by molar-refractivity contribution is 0.0918. The highest BCUT2D eigenvalue weighted by Gasteiger charge is 2.26. The van der Waals surface area contributed by atoms with Gasteiger partial charge in [0.1, 0.15) is 4.83 Å². The third kappa shape index (κ3) is 4.52. The lowest BCUT2D eigenvalue weighted by Gasteiger charge is -2.31. The number of pyridine rings is 1. The fourth-order valence-corrected chi connectivity index (χ4v) is 5.97. The zero-order valence-corrected chi connectivity index (χ0v) is 19.7. The molecule has 7 heteroatoms. The van der Waals surface area contributed by atoms with Gasteiger partial charge in [-0.1, -0.05) is 13.8 Å². The van der Waals surface area contributed by atoms with E-state index in [-0.39, 0.29) is 18.0 Å². The molecule has 0 atom stereocenters. The second-order valence-electron chi connectivity index (χ2n) is 8.87. The predicted octanol–water partition coefficient (Wildman–Crippen LogP) is 6.18. The van der Waals surface area contributed by atoms with Gasteiger partial charge in [-0.2, -0.15) is 0 Å². The number of aromatic nitrogens is 2. The smallest absolute Gasteiger partial charge is 0.255 e. The molecule has 3 heterocycles. The molecule has 1 fully saturated rings. The summed E-state index contributed by atoms with van der Waals surface area (Å²) in [6, 6.07) is 2.61. The van der Waals surface area contributed by atoms with Gasteiger partial charge in [-0.15, -0.1) is 22.7 Å². The molecule has 1 saturated carbocycles. The first-order valence-corrected chi connectivity index (χ1v) is 12.5. The minimum absolute atomic E-state index is 0.0221.